The summed E-state index contributed by atoms with van der Waals surface area (Å²) < 4.78 is 15.3. The van der Waals surface area contributed by atoms with E-state index >= 15 is 0 Å². The summed E-state index contributed by atoms with van der Waals surface area (Å²) >= 11 is 5.79. The van der Waals surface area contributed by atoms with Crippen LogP contribution in [0.5, 0.6) is 0 Å². The molecule has 2 aromatic carbocycles. The number of rotatable bonds is 6. The third-order valence-electron chi connectivity index (χ3n) is 3.33. The van der Waals surface area contributed by atoms with Crippen LogP contribution in [0.25, 0.3) is 0 Å². The molecule has 112 valence electrons. The molecule has 0 aliphatic rings. The van der Waals surface area contributed by atoms with Gasteiger partial charge in [0.1, 0.15) is 5.82 Å². The maximum Gasteiger partial charge on any atom is 0.124 e. The molecule has 0 heterocycles. The zero-order valence-corrected chi connectivity index (χ0v) is 15.6. The molecular weight excluding hydrogens is 444 g/mol. The van der Waals surface area contributed by atoms with E-state index in [1.54, 1.807) is 0 Å². The van der Waals surface area contributed by atoms with E-state index in [2.05, 4.69) is 75.0 Å². The third-order valence-corrected chi connectivity index (χ3v) is 4.74. The molecule has 0 bridgehead atoms. The van der Waals surface area contributed by atoms with Gasteiger partial charge in [-0.15, -0.1) is 0 Å². The van der Waals surface area contributed by atoms with E-state index in [1.165, 1.54) is 21.3 Å². The molecule has 4 heteroatoms. The Morgan fingerprint density at radius 2 is 1.90 bits per heavy atom. The lowest BCUT2D eigenvalue weighted by Gasteiger charge is -2.20. The number of benzene rings is 2. The molecule has 1 nitrogen and oxygen atoms in total. The minimum Gasteiger partial charge on any atom is -0.310 e. The highest BCUT2D eigenvalue weighted by Crippen LogP contribution is 2.27. The summed E-state index contributed by atoms with van der Waals surface area (Å²) in [6, 6.07) is 13.6. The summed E-state index contributed by atoms with van der Waals surface area (Å²) in [5, 5.41) is 3.55. The monoisotopic (exact) mass is 461 g/mol. The lowest BCUT2D eigenvalue weighted by Crippen LogP contribution is -2.24. The summed E-state index contributed by atoms with van der Waals surface area (Å²) in [4.78, 5) is 0. The quantitative estimate of drug-likeness (QED) is 0.562. The smallest absolute Gasteiger partial charge is 0.124 e. The van der Waals surface area contributed by atoms with Gasteiger partial charge < -0.3 is 5.32 Å². The molecule has 1 N–H and O–H groups in total. The molecule has 0 amide bonds. The van der Waals surface area contributed by atoms with Crippen molar-refractivity contribution in [1.82, 2.24) is 5.32 Å². The highest BCUT2D eigenvalue weighted by Gasteiger charge is 2.15. The number of hydrogen-bond acceptors (Lipinski definition) is 1. The molecule has 0 aliphatic heterocycles. The Morgan fingerprint density at radius 1 is 1.19 bits per heavy atom. The molecule has 1 unspecified atom stereocenters. The van der Waals surface area contributed by atoms with Crippen LogP contribution in [-0.4, -0.2) is 6.54 Å². The van der Waals surface area contributed by atoms with Gasteiger partial charge in [-0.1, -0.05) is 41.1 Å². The van der Waals surface area contributed by atoms with Gasteiger partial charge in [-0.3, -0.25) is 0 Å². The number of halogens is 3. The first-order chi connectivity index (χ1) is 10.1. The number of hydrogen-bond donors (Lipinski definition) is 1. The van der Waals surface area contributed by atoms with E-state index in [-0.39, 0.29) is 11.9 Å². The van der Waals surface area contributed by atoms with E-state index in [4.69, 9.17) is 0 Å². The van der Waals surface area contributed by atoms with Crippen molar-refractivity contribution in [2.45, 2.75) is 25.8 Å². The summed E-state index contributed by atoms with van der Waals surface area (Å²) in [5.74, 6) is -0.214. The predicted molar refractivity (Wildman–Crippen MR) is 98.0 cm³/mol. The Morgan fingerprint density at radius 3 is 2.52 bits per heavy atom. The third kappa shape index (κ3) is 5.04. The topological polar surface area (TPSA) is 12.0 Å². The largest absolute Gasteiger partial charge is 0.310 e. The van der Waals surface area contributed by atoms with Crippen molar-refractivity contribution < 1.29 is 4.39 Å². The maximum atomic E-state index is 13.3. The average molecular weight is 462 g/mol. The van der Waals surface area contributed by atoms with Gasteiger partial charge in [0, 0.05) is 14.1 Å². The van der Waals surface area contributed by atoms with Crippen LogP contribution in [0.4, 0.5) is 4.39 Å². The van der Waals surface area contributed by atoms with Crippen LogP contribution >= 0.6 is 38.5 Å². The predicted octanol–water partition coefficient (Wildman–Crippen LogP) is 5.48. The Kier molecular flexibility index (Phi) is 6.64. The number of nitrogens with one attached hydrogen (secondary N) is 1. The van der Waals surface area contributed by atoms with Crippen LogP contribution in [0.2, 0.25) is 0 Å². The molecule has 0 spiro atoms. The second kappa shape index (κ2) is 8.25. The van der Waals surface area contributed by atoms with E-state index in [9.17, 15) is 4.39 Å². The van der Waals surface area contributed by atoms with E-state index in [0.717, 1.165) is 29.4 Å². The molecule has 0 fully saturated rings. The molecule has 1 atom stereocenters. The van der Waals surface area contributed by atoms with Gasteiger partial charge in [0.25, 0.3) is 0 Å². The van der Waals surface area contributed by atoms with Crippen LogP contribution in [0.1, 0.15) is 30.5 Å². The first kappa shape index (κ1) is 16.9. The highest BCUT2D eigenvalue weighted by molar-refractivity contribution is 14.1. The Hall–Kier alpha value is -0.460. The fourth-order valence-corrected chi connectivity index (χ4v) is 3.24. The summed E-state index contributed by atoms with van der Waals surface area (Å²) in [6.07, 6.45) is 1.96. The molecule has 0 saturated carbocycles. The average Bonchev–Trinajstić information content (AvgIpc) is 2.46. The molecule has 0 saturated heterocycles. The second-order valence-corrected chi connectivity index (χ2v) is 7.10. The molecule has 2 aromatic rings. The Bertz CT molecular complexity index is 586. The minimum atomic E-state index is -0.214. The maximum absolute atomic E-state index is 13.3. The molecule has 21 heavy (non-hydrogen) atoms. The van der Waals surface area contributed by atoms with Gasteiger partial charge in [0.2, 0.25) is 0 Å². The zero-order valence-electron chi connectivity index (χ0n) is 11.9. The van der Waals surface area contributed by atoms with Gasteiger partial charge >= 0.3 is 0 Å². The van der Waals surface area contributed by atoms with Crippen molar-refractivity contribution in [3.8, 4) is 0 Å². The van der Waals surface area contributed by atoms with Crippen LogP contribution in [0, 0.1) is 9.39 Å². The van der Waals surface area contributed by atoms with Gasteiger partial charge in [-0.05, 0) is 77.4 Å². The van der Waals surface area contributed by atoms with Crippen molar-refractivity contribution in [3.63, 3.8) is 0 Å². The lowest BCUT2D eigenvalue weighted by atomic mass is 9.98. The van der Waals surface area contributed by atoms with E-state index in [1.807, 2.05) is 6.07 Å². The van der Waals surface area contributed by atoms with E-state index in [0.29, 0.717) is 0 Å². The van der Waals surface area contributed by atoms with Crippen molar-refractivity contribution in [2.24, 2.45) is 0 Å². The minimum absolute atomic E-state index is 0.181. The summed E-state index contributed by atoms with van der Waals surface area (Å²) in [5.41, 5.74) is 2.38. The lowest BCUT2D eigenvalue weighted by molar-refractivity contribution is 0.525. The van der Waals surface area contributed by atoms with E-state index < -0.39 is 0 Å². The van der Waals surface area contributed by atoms with Crippen molar-refractivity contribution >= 4 is 38.5 Å². The second-order valence-electron chi connectivity index (χ2n) is 5.00. The molecule has 0 radical (unpaired) electrons. The van der Waals surface area contributed by atoms with Crippen LogP contribution in [-0.2, 0) is 6.42 Å². The highest BCUT2D eigenvalue weighted by atomic mass is 127. The SMILES string of the molecule is CCCNC(Cc1ccc(I)cc1)c1ccc(F)cc1Br. The van der Waals surface area contributed by atoms with Crippen molar-refractivity contribution in [3.05, 3.63) is 67.5 Å². The summed E-state index contributed by atoms with van der Waals surface area (Å²) in [7, 11) is 0. The van der Waals surface area contributed by atoms with Gasteiger partial charge in [0.15, 0.2) is 0 Å². The van der Waals surface area contributed by atoms with Crippen LogP contribution in [0.15, 0.2) is 46.9 Å². The molecular formula is C17H18BrFIN. The Labute approximate surface area is 147 Å². The fraction of sp³-hybridized carbons (Fsp3) is 0.294. The van der Waals surface area contributed by atoms with Gasteiger partial charge in [-0.25, -0.2) is 4.39 Å². The molecule has 0 aliphatic carbocycles. The van der Waals surface area contributed by atoms with Crippen molar-refractivity contribution in [1.29, 1.82) is 0 Å². The zero-order chi connectivity index (χ0) is 15.2. The molecule has 2 rings (SSSR count). The first-order valence-electron chi connectivity index (χ1n) is 7.03. The van der Waals surface area contributed by atoms with Gasteiger partial charge in [0.05, 0.1) is 0 Å². The van der Waals surface area contributed by atoms with Crippen LogP contribution < -0.4 is 5.32 Å². The van der Waals surface area contributed by atoms with Crippen LogP contribution in [0.3, 0.4) is 0 Å². The first-order valence-corrected chi connectivity index (χ1v) is 8.90. The van der Waals surface area contributed by atoms with Gasteiger partial charge in [-0.2, -0.15) is 0 Å². The van der Waals surface area contributed by atoms with Crippen molar-refractivity contribution in [2.75, 3.05) is 6.54 Å². The Balaban J connectivity index is 2.22. The normalized spacial score (nSPS) is 12.4. The molecule has 0 aromatic heterocycles. The fourth-order valence-electron chi connectivity index (χ4n) is 2.25. The standard InChI is InChI=1S/C17H18BrFIN/c1-2-9-21-17(10-12-3-6-14(20)7-4-12)15-8-5-13(19)11-16(15)18/h3-8,11,17,21H,2,9-10H2,1H3. The summed E-state index contributed by atoms with van der Waals surface area (Å²) in [6.45, 7) is 3.09.